The fourth-order valence-electron chi connectivity index (χ4n) is 1.68. The number of hydrogen-bond acceptors (Lipinski definition) is 3. The van der Waals surface area contributed by atoms with Gasteiger partial charge in [-0.3, -0.25) is 0 Å². The predicted molar refractivity (Wildman–Crippen MR) is 61.3 cm³/mol. The number of nitrogens with zero attached hydrogens (tertiary/aromatic N) is 2. The molecule has 2 rings (SSSR count). The topological polar surface area (TPSA) is 61.7 Å². The molecule has 0 aliphatic rings. The van der Waals surface area contributed by atoms with Crippen LogP contribution < -0.4 is 4.74 Å². The lowest BCUT2D eigenvalue weighted by molar-refractivity contribution is 0.399. The Morgan fingerprint density at radius 1 is 1.44 bits per heavy atom. The predicted octanol–water partition coefficient (Wildman–Crippen LogP) is 2.37. The van der Waals surface area contributed by atoms with Gasteiger partial charge in [0.25, 0.3) is 0 Å². The number of H-pyrrole nitrogens is 1. The third kappa shape index (κ3) is 1.50. The maximum atomic E-state index is 9.12. The molecule has 0 aliphatic heterocycles. The number of ether oxygens (including phenoxy) is 1. The van der Waals surface area contributed by atoms with Gasteiger partial charge in [-0.15, -0.1) is 0 Å². The number of methoxy groups -OCH3 is 1. The molecule has 2 heterocycles. The van der Waals surface area contributed by atoms with Gasteiger partial charge in [-0.05, 0) is 25.5 Å². The lowest BCUT2D eigenvalue weighted by atomic mass is 9.86. The van der Waals surface area contributed by atoms with Crippen molar-refractivity contribution in [1.29, 1.82) is 5.26 Å². The first-order chi connectivity index (χ1) is 7.58. The zero-order valence-electron chi connectivity index (χ0n) is 9.53. The van der Waals surface area contributed by atoms with Gasteiger partial charge in [0.05, 0.1) is 18.6 Å². The zero-order valence-corrected chi connectivity index (χ0v) is 9.53. The Morgan fingerprint density at radius 2 is 2.19 bits per heavy atom. The number of aromatic amines is 1. The Labute approximate surface area is 93.9 Å². The molecule has 16 heavy (non-hydrogen) atoms. The molecule has 4 nitrogen and oxygen atoms in total. The van der Waals surface area contributed by atoms with E-state index in [1.807, 2.05) is 26.1 Å². The summed E-state index contributed by atoms with van der Waals surface area (Å²) in [5.74, 6) is 0.565. The fraction of sp³-hybridized carbons (Fsp3) is 0.333. The van der Waals surface area contributed by atoms with Crippen molar-refractivity contribution in [2.45, 2.75) is 19.3 Å². The number of rotatable bonds is 2. The molecule has 2 aromatic rings. The minimum atomic E-state index is -0.519. The lowest BCUT2D eigenvalue weighted by Crippen LogP contribution is -2.12. The average Bonchev–Trinajstić information content (AvgIpc) is 2.72. The highest BCUT2D eigenvalue weighted by atomic mass is 16.5. The minimum absolute atomic E-state index is 0.519. The zero-order chi connectivity index (χ0) is 11.8. The summed E-state index contributed by atoms with van der Waals surface area (Å²) in [5, 5.41) is 10.1. The first-order valence-corrected chi connectivity index (χ1v) is 5.02. The van der Waals surface area contributed by atoms with E-state index in [2.05, 4.69) is 16.0 Å². The first-order valence-electron chi connectivity index (χ1n) is 5.02. The Bertz CT molecular complexity index is 563. The third-order valence-corrected chi connectivity index (χ3v) is 2.68. The molecular formula is C12H13N3O. The largest absolute Gasteiger partial charge is 0.481 e. The van der Waals surface area contributed by atoms with Gasteiger partial charge in [-0.1, -0.05) is 0 Å². The molecule has 0 fully saturated rings. The molecule has 0 radical (unpaired) electrons. The molecule has 0 unspecified atom stereocenters. The van der Waals surface area contributed by atoms with E-state index in [4.69, 9.17) is 10.00 Å². The van der Waals surface area contributed by atoms with Crippen molar-refractivity contribution < 1.29 is 4.74 Å². The molecule has 2 aromatic heterocycles. The number of pyridine rings is 1. The van der Waals surface area contributed by atoms with Crippen molar-refractivity contribution in [3.8, 4) is 11.9 Å². The summed E-state index contributed by atoms with van der Waals surface area (Å²) in [4.78, 5) is 7.34. The van der Waals surface area contributed by atoms with Gasteiger partial charge in [0.15, 0.2) is 0 Å². The fourth-order valence-corrected chi connectivity index (χ4v) is 1.68. The van der Waals surface area contributed by atoms with Crippen LogP contribution in [0.15, 0.2) is 18.3 Å². The minimum Gasteiger partial charge on any atom is -0.481 e. The van der Waals surface area contributed by atoms with E-state index in [9.17, 15) is 0 Å². The van der Waals surface area contributed by atoms with Gasteiger partial charge in [-0.25, -0.2) is 0 Å². The van der Waals surface area contributed by atoms with Crippen LogP contribution in [0.1, 0.15) is 19.4 Å². The molecule has 0 atom stereocenters. The molecule has 0 saturated carbocycles. The molecule has 0 aliphatic carbocycles. The summed E-state index contributed by atoms with van der Waals surface area (Å²) >= 11 is 0. The van der Waals surface area contributed by atoms with Crippen LogP contribution in [0.4, 0.5) is 0 Å². The average molecular weight is 215 g/mol. The van der Waals surface area contributed by atoms with Gasteiger partial charge < -0.3 is 9.72 Å². The second-order valence-electron chi connectivity index (χ2n) is 4.19. The molecule has 0 amide bonds. The van der Waals surface area contributed by atoms with Crippen LogP contribution in [-0.2, 0) is 5.41 Å². The molecule has 0 aromatic carbocycles. The molecule has 4 heteroatoms. The number of nitrogens with one attached hydrogen (secondary N) is 1. The molecular weight excluding hydrogens is 202 g/mol. The first kappa shape index (κ1) is 10.5. The van der Waals surface area contributed by atoms with Crippen LogP contribution in [0.25, 0.3) is 11.0 Å². The normalized spacial score (nSPS) is 11.4. The summed E-state index contributed by atoms with van der Waals surface area (Å²) in [6, 6.07) is 6.01. The Kier molecular flexibility index (Phi) is 2.31. The summed E-state index contributed by atoms with van der Waals surface area (Å²) in [6.45, 7) is 3.78. The second-order valence-corrected chi connectivity index (χ2v) is 4.19. The number of hydrogen-bond donors (Lipinski definition) is 1. The number of aromatic nitrogens is 2. The summed E-state index contributed by atoms with van der Waals surface area (Å²) < 4.78 is 5.05. The van der Waals surface area contributed by atoms with E-state index < -0.39 is 5.41 Å². The maximum Gasteiger partial charge on any atom is 0.214 e. The third-order valence-electron chi connectivity index (χ3n) is 2.68. The van der Waals surface area contributed by atoms with Gasteiger partial charge in [-0.2, -0.15) is 10.2 Å². The summed E-state index contributed by atoms with van der Waals surface area (Å²) in [7, 11) is 1.58. The quantitative estimate of drug-likeness (QED) is 0.836. The lowest BCUT2D eigenvalue weighted by Gasteiger charge is -2.13. The Hall–Kier alpha value is -2.02. The number of fused-ring (bicyclic) bond motifs is 1. The van der Waals surface area contributed by atoms with Crippen LogP contribution in [0.2, 0.25) is 0 Å². The Balaban J connectivity index is 2.64. The molecule has 1 N–H and O–H groups in total. The van der Waals surface area contributed by atoms with Gasteiger partial charge >= 0.3 is 0 Å². The monoisotopic (exact) mass is 215 g/mol. The molecule has 0 saturated heterocycles. The highest BCUT2D eigenvalue weighted by Gasteiger charge is 2.23. The van der Waals surface area contributed by atoms with Gasteiger partial charge in [0.2, 0.25) is 5.88 Å². The highest BCUT2D eigenvalue weighted by molar-refractivity contribution is 5.82. The molecule has 82 valence electrons. The SMILES string of the molecule is COc1ccc2c(C(C)(C)C#N)c[nH]c2n1. The van der Waals surface area contributed by atoms with E-state index in [0.29, 0.717) is 5.88 Å². The van der Waals surface area contributed by atoms with Gasteiger partial charge in [0, 0.05) is 17.6 Å². The van der Waals surface area contributed by atoms with Crippen molar-refractivity contribution in [2.24, 2.45) is 0 Å². The smallest absolute Gasteiger partial charge is 0.214 e. The van der Waals surface area contributed by atoms with E-state index in [1.165, 1.54) is 0 Å². The Morgan fingerprint density at radius 3 is 2.81 bits per heavy atom. The van der Waals surface area contributed by atoms with E-state index in [1.54, 1.807) is 13.2 Å². The van der Waals surface area contributed by atoms with Crippen molar-refractivity contribution in [3.05, 3.63) is 23.9 Å². The van der Waals surface area contributed by atoms with Crippen LogP contribution in [0.3, 0.4) is 0 Å². The molecule has 0 bridgehead atoms. The molecule has 0 spiro atoms. The van der Waals surface area contributed by atoms with Gasteiger partial charge in [0.1, 0.15) is 5.65 Å². The van der Waals surface area contributed by atoms with E-state index in [-0.39, 0.29) is 0 Å². The van der Waals surface area contributed by atoms with Crippen molar-refractivity contribution in [2.75, 3.05) is 7.11 Å². The second kappa shape index (κ2) is 3.53. The van der Waals surface area contributed by atoms with Crippen LogP contribution >= 0.6 is 0 Å². The summed E-state index contributed by atoms with van der Waals surface area (Å²) in [5.41, 5.74) is 1.19. The van der Waals surface area contributed by atoms with Crippen molar-refractivity contribution >= 4 is 11.0 Å². The summed E-state index contributed by atoms with van der Waals surface area (Å²) in [6.07, 6.45) is 1.83. The standard InChI is InChI=1S/C12H13N3O/c1-12(2,7-13)9-6-14-11-8(9)4-5-10(15-11)16-3/h4-6H,1-3H3,(H,14,15). The van der Waals surface area contributed by atoms with Crippen molar-refractivity contribution in [3.63, 3.8) is 0 Å². The maximum absolute atomic E-state index is 9.12. The van der Waals surface area contributed by atoms with Crippen LogP contribution in [0, 0.1) is 11.3 Å². The van der Waals surface area contributed by atoms with E-state index in [0.717, 1.165) is 16.6 Å². The van der Waals surface area contributed by atoms with E-state index >= 15 is 0 Å². The highest BCUT2D eigenvalue weighted by Crippen LogP contribution is 2.29. The number of nitriles is 1. The van der Waals surface area contributed by atoms with Crippen LogP contribution in [0.5, 0.6) is 5.88 Å². The van der Waals surface area contributed by atoms with Crippen molar-refractivity contribution in [1.82, 2.24) is 9.97 Å². The van der Waals surface area contributed by atoms with Crippen LogP contribution in [-0.4, -0.2) is 17.1 Å².